The van der Waals surface area contributed by atoms with Crippen LogP contribution in [-0.2, 0) is 0 Å². The summed E-state index contributed by atoms with van der Waals surface area (Å²) >= 11 is 5.13. The zero-order valence-corrected chi connectivity index (χ0v) is 13.3. The first-order valence-corrected chi connectivity index (χ1v) is 8.02. The molecule has 0 radical (unpaired) electrons. The number of halogens is 1. The Morgan fingerprint density at radius 1 is 1.20 bits per heavy atom. The number of hydrogen-bond acceptors (Lipinski definition) is 3. The van der Waals surface area contributed by atoms with Crippen LogP contribution in [0.3, 0.4) is 0 Å². The van der Waals surface area contributed by atoms with Gasteiger partial charge in [-0.2, -0.15) is 0 Å². The van der Waals surface area contributed by atoms with E-state index < -0.39 is 0 Å². The minimum atomic E-state index is 0.0308. The van der Waals surface area contributed by atoms with Crippen LogP contribution in [0.25, 0.3) is 0 Å². The molecule has 2 aromatic rings. The Balaban J connectivity index is 1.75. The summed E-state index contributed by atoms with van der Waals surface area (Å²) in [6.07, 6.45) is 0. The smallest absolute Gasteiger partial charge is 0.177 e. The molecule has 3 rings (SSSR count). The fraction of sp³-hybridized carbons (Fsp3) is 0.188. The Kier molecular flexibility index (Phi) is 3.85. The normalized spacial score (nSPS) is 20.5. The minimum absolute atomic E-state index is 0.0308. The van der Waals surface area contributed by atoms with Crippen molar-refractivity contribution in [3.8, 4) is 5.75 Å². The van der Waals surface area contributed by atoms with Crippen molar-refractivity contribution in [2.75, 3.05) is 7.11 Å². The van der Waals surface area contributed by atoms with E-state index in [4.69, 9.17) is 4.74 Å². The van der Waals surface area contributed by atoms with Crippen molar-refractivity contribution in [3.63, 3.8) is 0 Å². The number of rotatable bonds is 4. The van der Waals surface area contributed by atoms with E-state index in [1.807, 2.05) is 30.3 Å². The van der Waals surface area contributed by atoms with E-state index in [1.54, 1.807) is 24.9 Å². The Labute approximate surface area is 130 Å². The molecule has 0 aliphatic carbocycles. The lowest BCUT2D eigenvalue weighted by atomic mass is 10.0. The summed E-state index contributed by atoms with van der Waals surface area (Å²) in [5.74, 6) is 0.906. The molecule has 20 heavy (non-hydrogen) atoms. The van der Waals surface area contributed by atoms with Crippen LogP contribution in [0.2, 0.25) is 0 Å². The van der Waals surface area contributed by atoms with E-state index in [9.17, 15) is 4.79 Å². The van der Waals surface area contributed by atoms with Crippen LogP contribution >= 0.6 is 27.7 Å². The molecule has 1 heterocycles. The van der Waals surface area contributed by atoms with Crippen molar-refractivity contribution in [3.05, 3.63) is 64.1 Å². The summed E-state index contributed by atoms with van der Waals surface area (Å²) in [5, 5.41) is 0.310. The number of ether oxygens (including phenoxy) is 1. The second-order valence-electron chi connectivity index (χ2n) is 4.63. The van der Waals surface area contributed by atoms with E-state index in [1.165, 1.54) is 5.56 Å². The van der Waals surface area contributed by atoms with Gasteiger partial charge in [0.2, 0.25) is 0 Å². The van der Waals surface area contributed by atoms with Crippen LogP contribution in [0, 0.1) is 0 Å². The predicted molar refractivity (Wildman–Crippen MR) is 85.6 cm³/mol. The lowest BCUT2D eigenvalue weighted by Crippen LogP contribution is -2.07. The lowest BCUT2D eigenvalue weighted by Gasteiger charge is -2.03. The monoisotopic (exact) mass is 348 g/mol. The molecular weight excluding hydrogens is 336 g/mol. The highest BCUT2D eigenvalue weighted by Crippen LogP contribution is 2.56. The molecule has 0 aromatic heterocycles. The third-order valence-electron chi connectivity index (χ3n) is 3.30. The van der Waals surface area contributed by atoms with Crippen LogP contribution in [-0.4, -0.2) is 18.1 Å². The Morgan fingerprint density at radius 2 is 1.95 bits per heavy atom. The molecular formula is C16H13BrO2S. The molecule has 2 unspecified atom stereocenters. The van der Waals surface area contributed by atoms with Gasteiger partial charge in [0, 0.05) is 15.3 Å². The van der Waals surface area contributed by atoms with Gasteiger partial charge in [0.15, 0.2) is 5.78 Å². The van der Waals surface area contributed by atoms with Crippen LogP contribution in [0.15, 0.2) is 53.0 Å². The predicted octanol–water partition coefficient (Wildman–Crippen LogP) is 4.50. The molecule has 2 atom stereocenters. The summed E-state index contributed by atoms with van der Waals surface area (Å²) in [5.41, 5.74) is 1.93. The highest BCUT2D eigenvalue weighted by atomic mass is 79.9. The SMILES string of the molecule is COc1cccc(C(=O)C2SC2c2ccc(Br)cc2)c1. The quantitative estimate of drug-likeness (QED) is 0.601. The van der Waals surface area contributed by atoms with E-state index in [0.717, 1.165) is 15.8 Å². The molecule has 1 aliphatic heterocycles. The fourth-order valence-corrected chi connectivity index (χ4v) is 3.50. The van der Waals surface area contributed by atoms with E-state index in [2.05, 4.69) is 28.1 Å². The molecule has 1 aliphatic rings. The highest BCUT2D eigenvalue weighted by Gasteiger charge is 2.45. The number of thioether (sulfide) groups is 1. The first-order chi connectivity index (χ1) is 9.69. The van der Waals surface area contributed by atoms with Gasteiger partial charge in [0.1, 0.15) is 5.75 Å². The zero-order valence-electron chi connectivity index (χ0n) is 10.9. The van der Waals surface area contributed by atoms with Gasteiger partial charge in [-0.3, -0.25) is 4.79 Å². The van der Waals surface area contributed by atoms with Gasteiger partial charge in [-0.05, 0) is 29.8 Å². The second-order valence-corrected chi connectivity index (χ2v) is 6.83. The summed E-state index contributed by atoms with van der Waals surface area (Å²) in [6.45, 7) is 0. The van der Waals surface area contributed by atoms with Crippen LogP contribution < -0.4 is 4.74 Å². The average molecular weight is 349 g/mol. The van der Waals surface area contributed by atoms with Crippen molar-refractivity contribution in [1.82, 2.24) is 0 Å². The third kappa shape index (κ3) is 2.76. The fourth-order valence-electron chi connectivity index (χ4n) is 2.16. The summed E-state index contributed by atoms with van der Waals surface area (Å²) in [6, 6.07) is 15.5. The number of Topliss-reactive ketones (excluding diaryl/α,β-unsaturated/α-hetero) is 1. The van der Waals surface area contributed by atoms with Gasteiger partial charge in [-0.25, -0.2) is 0 Å². The van der Waals surface area contributed by atoms with Gasteiger partial charge in [0.05, 0.1) is 12.4 Å². The molecule has 2 nitrogen and oxygen atoms in total. The van der Waals surface area contributed by atoms with Crippen molar-refractivity contribution < 1.29 is 9.53 Å². The van der Waals surface area contributed by atoms with Crippen molar-refractivity contribution in [2.24, 2.45) is 0 Å². The number of methoxy groups -OCH3 is 1. The number of benzene rings is 2. The molecule has 102 valence electrons. The highest BCUT2D eigenvalue weighted by molar-refractivity contribution is 9.10. The van der Waals surface area contributed by atoms with E-state index in [-0.39, 0.29) is 16.3 Å². The molecule has 0 saturated carbocycles. The first-order valence-electron chi connectivity index (χ1n) is 6.28. The Morgan fingerprint density at radius 3 is 2.65 bits per heavy atom. The summed E-state index contributed by atoms with van der Waals surface area (Å²) in [7, 11) is 1.61. The van der Waals surface area contributed by atoms with Crippen LogP contribution in [0.4, 0.5) is 0 Å². The third-order valence-corrected chi connectivity index (χ3v) is 5.13. The van der Waals surface area contributed by atoms with Gasteiger partial charge in [-0.15, -0.1) is 11.8 Å². The topological polar surface area (TPSA) is 26.3 Å². The zero-order chi connectivity index (χ0) is 14.1. The first kappa shape index (κ1) is 13.7. The van der Waals surface area contributed by atoms with Gasteiger partial charge >= 0.3 is 0 Å². The van der Waals surface area contributed by atoms with Crippen molar-refractivity contribution >= 4 is 33.5 Å². The van der Waals surface area contributed by atoms with Gasteiger partial charge < -0.3 is 4.74 Å². The minimum Gasteiger partial charge on any atom is -0.497 e. The molecule has 1 saturated heterocycles. The number of hydrogen-bond donors (Lipinski definition) is 0. The Hall–Kier alpha value is -1.26. The maximum absolute atomic E-state index is 12.4. The van der Waals surface area contributed by atoms with Crippen LogP contribution in [0.5, 0.6) is 5.75 Å². The summed E-state index contributed by atoms with van der Waals surface area (Å²) < 4.78 is 6.22. The number of carbonyl (C=O) groups is 1. The molecule has 1 fully saturated rings. The molecule has 0 amide bonds. The van der Waals surface area contributed by atoms with Crippen molar-refractivity contribution in [1.29, 1.82) is 0 Å². The average Bonchev–Trinajstić information content (AvgIpc) is 3.28. The van der Waals surface area contributed by atoms with Gasteiger partial charge in [-0.1, -0.05) is 40.2 Å². The molecule has 0 N–H and O–H groups in total. The lowest BCUT2D eigenvalue weighted by molar-refractivity contribution is 0.0997. The maximum Gasteiger partial charge on any atom is 0.177 e. The Bertz CT molecular complexity index is 639. The standard InChI is InChI=1S/C16H13BrO2S/c1-19-13-4-2-3-11(9-13)14(18)16-15(20-16)10-5-7-12(17)8-6-10/h2-9,15-16H,1H3. The van der Waals surface area contributed by atoms with E-state index >= 15 is 0 Å². The molecule has 4 heteroatoms. The largest absolute Gasteiger partial charge is 0.497 e. The van der Waals surface area contributed by atoms with E-state index in [0.29, 0.717) is 0 Å². The molecule has 2 aromatic carbocycles. The molecule has 0 spiro atoms. The summed E-state index contributed by atoms with van der Waals surface area (Å²) in [4.78, 5) is 12.4. The van der Waals surface area contributed by atoms with Crippen LogP contribution in [0.1, 0.15) is 21.2 Å². The second kappa shape index (κ2) is 5.62. The van der Waals surface area contributed by atoms with Gasteiger partial charge in [0.25, 0.3) is 0 Å². The number of carbonyl (C=O) groups excluding carboxylic acids is 1. The maximum atomic E-state index is 12.4. The van der Waals surface area contributed by atoms with Crippen molar-refractivity contribution in [2.45, 2.75) is 10.5 Å². The number of ketones is 1. The molecule has 0 bridgehead atoms.